The van der Waals surface area contributed by atoms with Crippen LogP contribution in [-0.2, 0) is 6.42 Å². The van der Waals surface area contributed by atoms with Gasteiger partial charge in [0.2, 0.25) is 0 Å². The van der Waals surface area contributed by atoms with Crippen LogP contribution in [0.5, 0.6) is 5.75 Å². The molecule has 3 rings (SSSR count). The van der Waals surface area contributed by atoms with Crippen molar-refractivity contribution in [2.24, 2.45) is 0 Å². The van der Waals surface area contributed by atoms with Gasteiger partial charge in [0.25, 0.3) is 0 Å². The quantitative estimate of drug-likeness (QED) is 0.901. The van der Waals surface area contributed by atoms with Crippen LogP contribution in [0.25, 0.3) is 0 Å². The number of halogens is 1. The van der Waals surface area contributed by atoms with Crippen molar-refractivity contribution in [1.82, 2.24) is 0 Å². The molecule has 3 heteroatoms. The molecule has 0 spiro atoms. The van der Waals surface area contributed by atoms with Crippen LogP contribution in [-0.4, -0.2) is 7.11 Å². The molecule has 0 aromatic heterocycles. The van der Waals surface area contributed by atoms with Crippen LogP contribution < -0.4 is 10.1 Å². The maximum Gasteiger partial charge on any atom is 0.126 e. The minimum atomic E-state index is -0.0850. The predicted octanol–water partition coefficient (Wildman–Crippen LogP) is 4.24. The predicted molar refractivity (Wildman–Crippen MR) is 78.8 cm³/mol. The highest BCUT2D eigenvalue weighted by Crippen LogP contribution is 2.36. The molecule has 0 bridgehead atoms. The number of fused-ring (bicyclic) bond motifs is 1. The SMILES string of the molecule is COc1ccc(NC2CCc3c(F)cccc32)c(C)c1. The standard InChI is InChI=1S/C17H18FNO/c1-11-10-12(20-2)6-8-16(11)19-17-9-7-13-14(17)4-3-5-15(13)18/h3-6,8,10,17,19H,7,9H2,1-2H3. The summed E-state index contributed by atoms with van der Waals surface area (Å²) in [5.41, 5.74) is 4.15. The van der Waals surface area contributed by atoms with Crippen molar-refractivity contribution in [2.75, 3.05) is 12.4 Å². The molecule has 1 N–H and O–H groups in total. The molecule has 1 unspecified atom stereocenters. The van der Waals surface area contributed by atoms with Gasteiger partial charge < -0.3 is 10.1 Å². The van der Waals surface area contributed by atoms with Crippen molar-refractivity contribution >= 4 is 5.69 Å². The highest BCUT2D eigenvalue weighted by molar-refractivity contribution is 5.56. The zero-order valence-corrected chi connectivity index (χ0v) is 11.7. The Balaban J connectivity index is 1.86. The molecule has 104 valence electrons. The fourth-order valence-corrected chi connectivity index (χ4v) is 2.87. The van der Waals surface area contributed by atoms with Crippen LogP contribution >= 0.6 is 0 Å². The average molecular weight is 271 g/mol. The van der Waals surface area contributed by atoms with E-state index in [1.54, 1.807) is 19.2 Å². The molecule has 1 aliphatic rings. The summed E-state index contributed by atoms with van der Waals surface area (Å²) >= 11 is 0. The van der Waals surface area contributed by atoms with Crippen LogP contribution in [0.15, 0.2) is 36.4 Å². The average Bonchev–Trinajstić information content (AvgIpc) is 2.86. The fraction of sp³-hybridized carbons (Fsp3) is 0.294. The van der Waals surface area contributed by atoms with Crippen molar-refractivity contribution in [1.29, 1.82) is 0 Å². The van der Waals surface area contributed by atoms with E-state index in [1.807, 2.05) is 31.2 Å². The number of rotatable bonds is 3. The zero-order valence-electron chi connectivity index (χ0n) is 11.7. The Morgan fingerprint density at radius 1 is 1.25 bits per heavy atom. The number of ether oxygens (including phenoxy) is 1. The highest BCUT2D eigenvalue weighted by atomic mass is 19.1. The van der Waals surface area contributed by atoms with Crippen molar-refractivity contribution in [2.45, 2.75) is 25.8 Å². The Bertz CT molecular complexity index is 639. The summed E-state index contributed by atoms with van der Waals surface area (Å²) in [7, 11) is 1.66. The van der Waals surface area contributed by atoms with E-state index in [4.69, 9.17) is 4.74 Å². The summed E-state index contributed by atoms with van der Waals surface area (Å²) in [4.78, 5) is 0. The molecule has 0 aliphatic heterocycles. The normalized spacial score (nSPS) is 16.9. The van der Waals surface area contributed by atoms with Gasteiger partial charge in [-0.3, -0.25) is 0 Å². The van der Waals surface area contributed by atoms with Gasteiger partial charge in [-0.1, -0.05) is 12.1 Å². The number of methoxy groups -OCH3 is 1. The molecule has 2 aromatic rings. The number of hydrogen-bond acceptors (Lipinski definition) is 2. The van der Waals surface area contributed by atoms with Crippen LogP contribution in [0.2, 0.25) is 0 Å². The summed E-state index contributed by atoms with van der Waals surface area (Å²) in [6, 6.07) is 11.5. The molecule has 0 saturated carbocycles. The number of anilines is 1. The maximum atomic E-state index is 13.7. The van der Waals surface area contributed by atoms with E-state index in [9.17, 15) is 4.39 Å². The van der Waals surface area contributed by atoms with Crippen LogP contribution in [0.4, 0.5) is 10.1 Å². The molecular weight excluding hydrogens is 253 g/mol. The van der Waals surface area contributed by atoms with Gasteiger partial charge in [0, 0.05) is 5.69 Å². The lowest BCUT2D eigenvalue weighted by Gasteiger charge is -2.18. The minimum absolute atomic E-state index is 0.0850. The van der Waals surface area contributed by atoms with Gasteiger partial charge in [0.1, 0.15) is 11.6 Å². The summed E-state index contributed by atoms with van der Waals surface area (Å²) < 4.78 is 19.0. The molecule has 1 aliphatic carbocycles. The molecule has 20 heavy (non-hydrogen) atoms. The topological polar surface area (TPSA) is 21.3 Å². The van der Waals surface area contributed by atoms with E-state index in [1.165, 1.54) is 0 Å². The van der Waals surface area contributed by atoms with E-state index in [-0.39, 0.29) is 11.9 Å². The van der Waals surface area contributed by atoms with E-state index in [0.717, 1.165) is 41.0 Å². The number of benzene rings is 2. The van der Waals surface area contributed by atoms with Crippen LogP contribution in [0.1, 0.15) is 29.2 Å². The molecule has 2 nitrogen and oxygen atoms in total. The van der Waals surface area contributed by atoms with Crippen molar-refractivity contribution in [3.63, 3.8) is 0 Å². The van der Waals surface area contributed by atoms with Gasteiger partial charge >= 0.3 is 0 Å². The Labute approximate surface area is 118 Å². The van der Waals surface area contributed by atoms with Gasteiger partial charge in [0.15, 0.2) is 0 Å². The van der Waals surface area contributed by atoms with Crippen LogP contribution in [0, 0.1) is 12.7 Å². The highest BCUT2D eigenvalue weighted by Gasteiger charge is 2.24. The van der Waals surface area contributed by atoms with E-state index >= 15 is 0 Å². The third-order valence-corrected chi connectivity index (χ3v) is 3.98. The Hall–Kier alpha value is -2.03. The number of hydrogen-bond donors (Lipinski definition) is 1. The van der Waals surface area contributed by atoms with Crippen molar-refractivity contribution in [3.8, 4) is 5.75 Å². The summed E-state index contributed by atoms with van der Waals surface area (Å²) in [6.07, 6.45) is 1.73. The molecule has 1 atom stereocenters. The van der Waals surface area contributed by atoms with Gasteiger partial charge in [-0.2, -0.15) is 0 Å². The first-order valence-corrected chi connectivity index (χ1v) is 6.87. The molecular formula is C17H18FNO. The van der Waals surface area contributed by atoms with E-state index in [0.29, 0.717) is 0 Å². The summed E-state index contributed by atoms with van der Waals surface area (Å²) in [6.45, 7) is 2.05. The fourth-order valence-electron chi connectivity index (χ4n) is 2.87. The van der Waals surface area contributed by atoms with Gasteiger partial charge in [-0.25, -0.2) is 4.39 Å². The zero-order chi connectivity index (χ0) is 14.1. The van der Waals surface area contributed by atoms with Crippen LogP contribution in [0.3, 0.4) is 0 Å². The smallest absolute Gasteiger partial charge is 0.126 e. The third kappa shape index (κ3) is 2.24. The van der Waals surface area contributed by atoms with Crippen molar-refractivity contribution in [3.05, 3.63) is 58.9 Å². The van der Waals surface area contributed by atoms with E-state index < -0.39 is 0 Å². The summed E-state index contributed by atoms with van der Waals surface area (Å²) in [5, 5.41) is 3.52. The van der Waals surface area contributed by atoms with Gasteiger partial charge in [0.05, 0.1) is 13.2 Å². The molecule has 2 aromatic carbocycles. The Kier molecular flexibility index (Phi) is 3.35. The lowest BCUT2D eigenvalue weighted by Crippen LogP contribution is -2.08. The number of aryl methyl sites for hydroxylation is 1. The Morgan fingerprint density at radius 3 is 2.85 bits per heavy atom. The first-order valence-electron chi connectivity index (χ1n) is 6.87. The minimum Gasteiger partial charge on any atom is -0.497 e. The van der Waals surface area contributed by atoms with Gasteiger partial charge in [-0.05, 0) is 60.7 Å². The second-order valence-electron chi connectivity index (χ2n) is 5.22. The molecule has 0 heterocycles. The van der Waals surface area contributed by atoms with Crippen molar-refractivity contribution < 1.29 is 9.13 Å². The molecule has 0 radical (unpaired) electrons. The van der Waals surface area contributed by atoms with E-state index in [2.05, 4.69) is 5.32 Å². The lowest BCUT2D eigenvalue weighted by molar-refractivity contribution is 0.414. The molecule has 0 fully saturated rings. The Morgan fingerprint density at radius 2 is 2.10 bits per heavy atom. The van der Waals surface area contributed by atoms with Gasteiger partial charge in [-0.15, -0.1) is 0 Å². The second-order valence-corrected chi connectivity index (χ2v) is 5.22. The number of nitrogens with one attached hydrogen (secondary N) is 1. The third-order valence-electron chi connectivity index (χ3n) is 3.98. The largest absolute Gasteiger partial charge is 0.497 e. The lowest BCUT2D eigenvalue weighted by atomic mass is 10.1. The second kappa shape index (κ2) is 5.16. The first kappa shape index (κ1) is 13.0. The monoisotopic (exact) mass is 271 g/mol. The maximum absolute atomic E-state index is 13.7. The summed E-state index contributed by atoms with van der Waals surface area (Å²) in [5.74, 6) is 0.768. The molecule has 0 amide bonds. The molecule has 0 saturated heterocycles. The first-order chi connectivity index (χ1) is 9.69.